The quantitative estimate of drug-likeness (QED) is 0.433. The van der Waals surface area contributed by atoms with Gasteiger partial charge in [0.25, 0.3) is 5.91 Å². The van der Waals surface area contributed by atoms with Crippen molar-refractivity contribution in [1.29, 1.82) is 5.26 Å². The highest BCUT2D eigenvalue weighted by Crippen LogP contribution is 2.29. The lowest BCUT2D eigenvalue weighted by atomic mass is 10.1. The predicted molar refractivity (Wildman–Crippen MR) is 124 cm³/mol. The Morgan fingerprint density at radius 2 is 2.15 bits per heavy atom. The van der Waals surface area contributed by atoms with E-state index in [1.165, 1.54) is 0 Å². The monoisotopic (exact) mass is 463 g/mol. The van der Waals surface area contributed by atoms with Gasteiger partial charge in [0.05, 0.1) is 22.3 Å². The fourth-order valence-electron chi connectivity index (χ4n) is 3.43. The molecule has 0 unspecified atom stereocenters. The van der Waals surface area contributed by atoms with Gasteiger partial charge in [0, 0.05) is 30.5 Å². The topological polar surface area (TPSA) is 122 Å². The number of fused-ring (bicyclic) bond motifs is 1. The molecule has 0 saturated heterocycles. The van der Waals surface area contributed by atoms with Crippen molar-refractivity contribution in [2.45, 2.75) is 26.3 Å². The third-order valence-corrected chi connectivity index (χ3v) is 5.46. The lowest BCUT2D eigenvalue weighted by Gasteiger charge is -2.10. The van der Waals surface area contributed by atoms with Gasteiger partial charge in [-0.25, -0.2) is 4.98 Å². The molecular weight excluding hydrogens is 442 g/mol. The maximum absolute atomic E-state index is 11.8. The van der Waals surface area contributed by atoms with Crippen LogP contribution < -0.4 is 10.1 Å². The Balaban J connectivity index is 1.55. The molecule has 9 nitrogen and oxygen atoms in total. The summed E-state index contributed by atoms with van der Waals surface area (Å²) < 4.78 is 7.19. The summed E-state index contributed by atoms with van der Waals surface area (Å²) in [5.74, 6) is 1.32. The van der Waals surface area contributed by atoms with Crippen LogP contribution in [0.5, 0.6) is 5.75 Å². The number of halogens is 1. The van der Waals surface area contributed by atoms with Crippen LogP contribution in [0.25, 0.3) is 22.3 Å². The van der Waals surface area contributed by atoms with Crippen molar-refractivity contribution >= 4 is 28.4 Å². The Bertz CT molecular complexity index is 1370. The van der Waals surface area contributed by atoms with Gasteiger partial charge in [-0.1, -0.05) is 17.7 Å². The van der Waals surface area contributed by atoms with Gasteiger partial charge in [0.2, 0.25) is 0 Å². The number of hydrogen-bond donors (Lipinski definition) is 2. The molecule has 2 aromatic carbocycles. The number of carbonyl (C=O) groups excluding carboxylic acids is 1. The highest BCUT2D eigenvalue weighted by atomic mass is 35.5. The molecule has 0 spiro atoms. The molecule has 0 saturated carbocycles. The van der Waals surface area contributed by atoms with Gasteiger partial charge >= 0.3 is 0 Å². The van der Waals surface area contributed by atoms with Crippen molar-refractivity contribution in [1.82, 2.24) is 30.3 Å². The number of nitrogens with zero attached hydrogens (tertiary/aromatic N) is 5. The molecule has 10 heteroatoms. The van der Waals surface area contributed by atoms with Crippen molar-refractivity contribution in [3.63, 3.8) is 0 Å². The first-order chi connectivity index (χ1) is 15.9. The van der Waals surface area contributed by atoms with E-state index in [4.69, 9.17) is 16.3 Å². The van der Waals surface area contributed by atoms with Crippen LogP contribution in [-0.4, -0.2) is 43.5 Å². The minimum atomic E-state index is -0.226. The molecule has 0 aliphatic rings. The maximum atomic E-state index is 11.8. The van der Waals surface area contributed by atoms with E-state index in [-0.39, 0.29) is 18.6 Å². The summed E-state index contributed by atoms with van der Waals surface area (Å²) in [6, 6.07) is 11.0. The van der Waals surface area contributed by atoms with Crippen molar-refractivity contribution < 1.29 is 9.53 Å². The number of H-pyrrole nitrogens is 1. The van der Waals surface area contributed by atoms with E-state index >= 15 is 0 Å². The molecule has 0 aliphatic heterocycles. The fourth-order valence-corrected chi connectivity index (χ4v) is 3.71. The van der Waals surface area contributed by atoms with E-state index in [1.807, 2.05) is 26.0 Å². The number of nitriles is 1. The van der Waals surface area contributed by atoms with Gasteiger partial charge in [-0.2, -0.15) is 15.5 Å². The van der Waals surface area contributed by atoms with Crippen LogP contribution in [0.2, 0.25) is 5.02 Å². The highest BCUT2D eigenvalue weighted by Gasteiger charge is 2.16. The van der Waals surface area contributed by atoms with Crippen LogP contribution >= 0.6 is 11.6 Å². The zero-order chi connectivity index (χ0) is 23.5. The largest absolute Gasteiger partial charge is 0.484 e. The molecule has 1 amide bonds. The van der Waals surface area contributed by atoms with E-state index < -0.39 is 0 Å². The van der Waals surface area contributed by atoms with Gasteiger partial charge in [-0.3, -0.25) is 14.6 Å². The molecule has 168 valence electrons. The molecule has 0 aliphatic carbocycles. The van der Waals surface area contributed by atoms with E-state index in [2.05, 4.69) is 31.7 Å². The van der Waals surface area contributed by atoms with Gasteiger partial charge in [-0.15, -0.1) is 0 Å². The first kappa shape index (κ1) is 22.3. The average Bonchev–Trinajstić information content (AvgIpc) is 3.40. The molecule has 0 radical (unpaired) electrons. The van der Waals surface area contributed by atoms with Gasteiger partial charge in [0.1, 0.15) is 17.6 Å². The standard InChI is InChI=1S/C23H22ClN7O2/c1-13(2)27-21(32)12-33-16-5-6-17(15(8-16)10-25)23-28-20(31(3)30-23)9-14-4-7-19-18(22(14)24)11-26-29-19/h4-8,11,13H,9,12H2,1-3H3,(H,26,29)(H,27,32). The Morgan fingerprint density at radius 3 is 2.91 bits per heavy atom. The van der Waals surface area contributed by atoms with Crippen LogP contribution in [0.15, 0.2) is 36.5 Å². The smallest absolute Gasteiger partial charge is 0.258 e. The number of carbonyl (C=O) groups is 1. The summed E-state index contributed by atoms with van der Waals surface area (Å²) in [7, 11) is 1.80. The van der Waals surface area contributed by atoms with E-state index in [9.17, 15) is 10.1 Å². The Morgan fingerprint density at radius 1 is 1.33 bits per heavy atom. The second-order valence-electron chi connectivity index (χ2n) is 7.85. The van der Waals surface area contributed by atoms with Crippen molar-refractivity contribution in [2.75, 3.05) is 6.61 Å². The number of rotatable bonds is 7. The summed E-state index contributed by atoms with van der Waals surface area (Å²) in [5, 5.41) is 25.3. The first-order valence-electron chi connectivity index (χ1n) is 10.3. The number of amides is 1. The second kappa shape index (κ2) is 9.30. The summed E-state index contributed by atoms with van der Waals surface area (Å²) in [6.07, 6.45) is 2.16. The van der Waals surface area contributed by atoms with Gasteiger partial charge < -0.3 is 10.1 Å². The maximum Gasteiger partial charge on any atom is 0.258 e. The van der Waals surface area contributed by atoms with Crippen molar-refractivity contribution in [3.8, 4) is 23.2 Å². The average molecular weight is 464 g/mol. The fraction of sp³-hybridized carbons (Fsp3) is 0.261. The zero-order valence-electron chi connectivity index (χ0n) is 18.4. The molecule has 33 heavy (non-hydrogen) atoms. The number of benzene rings is 2. The molecular formula is C23H22ClN7O2. The van der Waals surface area contributed by atoms with Crippen LogP contribution in [0.1, 0.15) is 30.8 Å². The van der Waals surface area contributed by atoms with Crippen molar-refractivity contribution in [2.24, 2.45) is 7.05 Å². The molecule has 0 bridgehead atoms. The molecule has 2 N–H and O–H groups in total. The molecule has 2 heterocycles. The number of ether oxygens (including phenoxy) is 1. The lowest BCUT2D eigenvalue weighted by Crippen LogP contribution is -2.34. The Labute approximate surface area is 195 Å². The second-order valence-corrected chi connectivity index (χ2v) is 8.23. The molecule has 4 aromatic rings. The molecule has 0 fully saturated rings. The lowest BCUT2D eigenvalue weighted by molar-refractivity contribution is -0.123. The first-order valence-corrected chi connectivity index (χ1v) is 10.7. The van der Waals surface area contributed by atoms with Gasteiger partial charge in [0.15, 0.2) is 12.4 Å². The summed E-state index contributed by atoms with van der Waals surface area (Å²) in [6.45, 7) is 3.62. The number of hydrogen-bond acceptors (Lipinski definition) is 6. The minimum Gasteiger partial charge on any atom is -0.484 e. The van der Waals surface area contributed by atoms with E-state index in [0.717, 1.165) is 16.5 Å². The minimum absolute atomic E-state index is 0.0269. The van der Waals surface area contributed by atoms with Crippen LogP contribution in [0, 0.1) is 11.3 Å². The third-order valence-electron chi connectivity index (χ3n) is 5.01. The highest BCUT2D eigenvalue weighted by molar-refractivity contribution is 6.36. The summed E-state index contributed by atoms with van der Waals surface area (Å²) in [5.41, 5.74) is 2.70. The van der Waals surface area contributed by atoms with Crippen LogP contribution in [0.3, 0.4) is 0 Å². The molecule has 0 atom stereocenters. The van der Waals surface area contributed by atoms with Gasteiger partial charge in [-0.05, 0) is 43.7 Å². The number of aromatic nitrogens is 5. The zero-order valence-corrected chi connectivity index (χ0v) is 19.1. The van der Waals surface area contributed by atoms with E-state index in [0.29, 0.717) is 40.0 Å². The van der Waals surface area contributed by atoms with Crippen molar-refractivity contribution in [3.05, 3.63) is 58.5 Å². The number of nitrogens with one attached hydrogen (secondary N) is 2. The summed E-state index contributed by atoms with van der Waals surface area (Å²) in [4.78, 5) is 16.4. The Hall–Kier alpha value is -3.90. The van der Waals surface area contributed by atoms with Crippen LogP contribution in [0.4, 0.5) is 0 Å². The third kappa shape index (κ3) is 4.81. The number of aryl methyl sites for hydroxylation is 1. The van der Waals surface area contributed by atoms with Crippen LogP contribution in [-0.2, 0) is 18.3 Å². The Kier molecular flexibility index (Phi) is 6.29. The SMILES string of the molecule is CC(C)NC(=O)COc1ccc(-c2nc(Cc3ccc4[nH]ncc4c3Cl)n(C)n2)c(C#N)c1. The normalized spacial score (nSPS) is 11.0. The number of aromatic amines is 1. The summed E-state index contributed by atoms with van der Waals surface area (Å²) >= 11 is 6.55. The predicted octanol–water partition coefficient (Wildman–Crippen LogP) is 3.38. The molecule has 2 aromatic heterocycles. The van der Waals surface area contributed by atoms with E-state index in [1.54, 1.807) is 36.1 Å². The molecule has 4 rings (SSSR count).